The van der Waals surface area contributed by atoms with E-state index in [4.69, 9.17) is 17.4 Å². The number of rotatable bonds is 22. The molecule has 0 saturated carbocycles. The molecule has 0 aliphatic rings. The fourth-order valence-electron chi connectivity index (χ4n) is 6.29. The van der Waals surface area contributed by atoms with Crippen molar-refractivity contribution in [1.82, 2.24) is 7.96 Å². The summed E-state index contributed by atoms with van der Waals surface area (Å²) in [5, 5.41) is 18.4. The van der Waals surface area contributed by atoms with E-state index in [0.29, 0.717) is 18.8 Å². The normalized spacial score (nSPS) is 11.4. The number of fused-ring (bicyclic) bond motifs is 1. The van der Waals surface area contributed by atoms with Crippen molar-refractivity contribution in [2.24, 2.45) is 0 Å². The average Bonchev–Trinajstić information content (AvgIpc) is 3.68. The molecular formula is C44H50N4O4Se. The number of hydrogen-bond donors (Lipinski definition) is 1. The van der Waals surface area contributed by atoms with E-state index in [9.17, 15) is 15.2 Å². The molecule has 1 N–H and O–H groups in total. The van der Waals surface area contributed by atoms with Crippen LogP contribution in [0.15, 0.2) is 90.5 Å². The Morgan fingerprint density at radius 3 is 1.72 bits per heavy atom. The van der Waals surface area contributed by atoms with Crippen molar-refractivity contribution in [2.45, 2.75) is 90.9 Å². The van der Waals surface area contributed by atoms with Crippen LogP contribution in [0.4, 0.5) is 17.1 Å². The third-order valence-electron chi connectivity index (χ3n) is 9.24. The Morgan fingerprint density at radius 2 is 1.21 bits per heavy atom. The van der Waals surface area contributed by atoms with Gasteiger partial charge in [-0.3, -0.25) is 0 Å². The van der Waals surface area contributed by atoms with Gasteiger partial charge >= 0.3 is 256 Å². The Kier molecular flexibility index (Phi) is 15.5. The summed E-state index contributed by atoms with van der Waals surface area (Å²) in [4.78, 5) is 13.5. The summed E-state index contributed by atoms with van der Waals surface area (Å²) in [5.74, 6) is 0.462. The van der Waals surface area contributed by atoms with E-state index in [0.717, 1.165) is 63.6 Å². The summed E-state index contributed by atoms with van der Waals surface area (Å²) in [6, 6.07) is 29.9. The average molecular weight is 778 g/mol. The Labute approximate surface area is 320 Å². The maximum absolute atomic E-state index is 11.3. The number of aliphatic carboxylic acids is 1. The molecule has 0 spiro atoms. The topological polar surface area (TPSA) is 109 Å². The van der Waals surface area contributed by atoms with Crippen LogP contribution in [0.25, 0.3) is 28.2 Å². The third kappa shape index (κ3) is 11.3. The van der Waals surface area contributed by atoms with Gasteiger partial charge in [-0.1, -0.05) is 65.2 Å². The minimum atomic E-state index is -1.25. The Hall–Kier alpha value is -4.90. The molecule has 0 fully saturated rings. The van der Waals surface area contributed by atoms with Crippen LogP contribution in [0.5, 0.6) is 11.5 Å². The number of aromatic nitrogens is 2. The number of carboxylic acids is 1. The zero-order valence-electron chi connectivity index (χ0n) is 30.9. The molecule has 0 saturated heterocycles. The van der Waals surface area contributed by atoms with E-state index in [1.165, 1.54) is 70.3 Å². The predicted molar refractivity (Wildman–Crippen MR) is 216 cm³/mol. The molecule has 0 unspecified atom stereocenters. The van der Waals surface area contributed by atoms with Crippen molar-refractivity contribution in [1.29, 1.82) is 5.26 Å². The summed E-state index contributed by atoms with van der Waals surface area (Å²) in [7, 11) is 0. The van der Waals surface area contributed by atoms with Crippen molar-refractivity contribution in [3.8, 4) is 28.7 Å². The number of hydrogen-bond acceptors (Lipinski definition) is 7. The van der Waals surface area contributed by atoms with Gasteiger partial charge in [0.25, 0.3) is 0 Å². The fourth-order valence-corrected chi connectivity index (χ4v) is 7.48. The van der Waals surface area contributed by atoms with E-state index in [2.05, 4.69) is 55.1 Å². The van der Waals surface area contributed by atoms with Crippen LogP contribution in [-0.2, 0) is 4.79 Å². The summed E-state index contributed by atoms with van der Waals surface area (Å²) < 4.78 is 22.0. The van der Waals surface area contributed by atoms with E-state index in [1.807, 2.05) is 48.5 Å². The first-order valence-electron chi connectivity index (χ1n) is 19.0. The first kappa shape index (κ1) is 39.3. The van der Waals surface area contributed by atoms with Gasteiger partial charge in [0.05, 0.1) is 0 Å². The molecule has 1 aromatic heterocycles. The van der Waals surface area contributed by atoms with Gasteiger partial charge in [-0.05, 0) is 0 Å². The first-order valence-corrected chi connectivity index (χ1v) is 20.5. The van der Waals surface area contributed by atoms with Crippen LogP contribution in [-0.4, -0.2) is 47.2 Å². The molecule has 1 heterocycles. The summed E-state index contributed by atoms with van der Waals surface area (Å²) >= 11 is -0.298. The second-order valence-electron chi connectivity index (χ2n) is 13.2. The van der Waals surface area contributed by atoms with E-state index < -0.39 is 5.97 Å². The van der Waals surface area contributed by atoms with Gasteiger partial charge in [0.2, 0.25) is 0 Å². The molecule has 0 radical (unpaired) electrons. The molecule has 8 nitrogen and oxygen atoms in total. The molecule has 0 bridgehead atoms. The second kappa shape index (κ2) is 21.0. The molecule has 4 aromatic carbocycles. The van der Waals surface area contributed by atoms with Gasteiger partial charge in [-0.25, -0.2) is 0 Å². The molecule has 53 heavy (non-hydrogen) atoms. The number of ether oxygens (including phenoxy) is 2. The molecule has 5 aromatic rings. The van der Waals surface area contributed by atoms with Crippen LogP contribution in [0, 0.1) is 11.3 Å². The van der Waals surface area contributed by atoms with Gasteiger partial charge in [-0.2, -0.15) is 0 Å². The van der Waals surface area contributed by atoms with Crippen molar-refractivity contribution in [3.63, 3.8) is 0 Å². The number of anilines is 3. The van der Waals surface area contributed by atoms with Crippen LogP contribution in [0.2, 0.25) is 0 Å². The van der Waals surface area contributed by atoms with Crippen LogP contribution >= 0.6 is 0 Å². The number of nitriles is 1. The fraction of sp³-hybridized carbons (Fsp3) is 0.364. The van der Waals surface area contributed by atoms with Gasteiger partial charge in [0.15, 0.2) is 0 Å². The summed E-state index contributed by atoms with van der Waals surface area (Å²) in [6.45, 7) is 5.90. The van der Waals surface area contributed by atoms with Gasteiger partial charge in [0, 0.05) is 0 Å². The monoisotopic (exact) mass is 778 g/mol. The second-order valence-corrected chi connectivity index (χ2v) is 14.4. The standard InChI is InChI=1S/C44H50N4O4Se/c1-3-5-7-9-11-13-29-51-38-23-19-36(20-24-38)48(37-21-25-39(26-22-37)52-30-14-12-10-8-6-4-2)41-28-27-40(42-43(41)47-53-46-42)34-17-15-33(16-18-34)31-35(32-45)44(49)50/h15-28,31H,3-14,29-30H2,1-2H3,(H,49,50)/b35-31-. The molecule has 9 heteroatoms. The third-order valence-corrected chi connectivity index (χ3v) is 10.4. The molecule has 0 aliphatic heterocycles. The van der Waals surface area contributed by atoms with E-state index in [1.54, 1.807) is 6.07 Å². The molecule has 5 rings (SSSR count). The molecular weight excluding hydrogens is 727 g/mol. The first-order chi connectivity index (χ1) is 26.0. The van der Waals surface area contributed by atoms with Gasteiger partial charge in [-0.15, -0.1) is 0 Å². The van der Waals surface area contributed by atoms with Crippen molar-refractivity contribution < 1.29 is 19.4 Å². The molecule has 0 aliphatic carbocycles. The number of nitrogens with zero attached hydrogens (tertiary/aromatic N) is 4. The molecule has 0 amide bonds. The number of benzene rings is 4. The number of unbranched alkanes of at least 4 members (excludes halogenated alkanes) is 10. The van der Waals surface area contributed by atoms with Gasteiger partial charge in [0.1, 0.15) is 0 Å². The Bertz CT molecular complexity index is 1890. The summed E-state index contributed by atoms with van der Waals surface area (Å²) in [6.07, 6.45) is 16.1. The Balaban J connectivity index is 1.39. The Morgan fingerprint density at radius 1 is 0.698 bits per heavy atom. The number of carbonyl (C=O) groups is 1. The predicted octanol–water partition coefficient (Wildman–Crippen LogP) is 11.3. The zero-order chi connectivity index (χ0) is 37.3. The summed E-state index contributed by atoms with van der Waals surface area (Å²) in [5.41, 5.74) is 6.74. The molecule has 276 valence electrons. The van der Waals surface area contributed by atoms with Crippen LogP contribution in [0.3, 0.4) is 0 Å². The van der Waals surface area contributed by atoms with Crippen molar-refractivity contribution >= 4 is 55.1 Å². The quantitative estimate of drug-likeness (QED) is 0.0320. The molecule has 0 atom stereocenters. The van der Waals surface area contributed by atoms with Crippen LogP contribution < -0.4 is 14.4 Å². The van der Waals surface area contributed by atoms with E-state index in [-0.39, 0.29) is 20.5 Å². The number of carboxylic acid groups (broad SMARTS) is 1. The maximum atomic E-state index is 11.3. The van der Waals surface area contributed by atoms with Crippen molar-refractivity contribution in [3.05, 3.63) is 96.1 Å². The van der Waals surface area contributed by atoms with Gasteiger partial charge < -0.3 is 0 Å². The van der Waals surface area contributed by atoms with E-state index >= 15 is 0 Å². The zero-order valence-corrected chi connectivity index (χ0v) is 32.6. The van der Waals surface area contributed by atoms with Crippen molar-refractivity contribution in [2.75, 3.05) is 18.1 Å². The minimum absolute atomic E-state index is 0.298. The van der Waals surface area contributed by atoms with Crippen LogP contribution in [0.1, 0.15) is 96.5 Å². The SMILES string of the molecule is CCCCCCCCOc1ccc(N(c2ccc(OCCCCCCCC)cc2)c2ccc(-c3ccc(/C=C(/C#N)C(=O)O)cc3)c3n[se]nc23)cc1.